The molecule has 1 amide bonds. The van der Waals surface area contributed by atoms with Gasteiger partial charge in [-0.3, -0.25) is 4.79 Å². The molecule has 0 aliphatic carbocycles. The maximum atomic E-state index is 13.2. The second-order valence-corrected chi connectivity index (χ2v) is 7.66. The van der Waals surface area contributed by atoms with E-state index in [2.05, 4.69) is 24.4 Å². The van der Waals surface area contributed by atoms with Crippen LogP contribution in [0.1, 0.15) is 42.1 Å². The summed E-state index contributed by atoms with van der Waals surface area (Å²) in [7, 11) is 1.65. The Balaban J connectivity index is 1.54. The Morgan fingerprint density at radius 3 is 2.32 bits per heavy atom. The maximum Gasteiger partial charge on any atom is 0.257 e. The van der Waals surface area contributed by atoms with E-state index in [1.807, 2.05) is 72.8 Å². The quantitative estimate of drug-likeness (QED) is 0.610. The Labute approximate surface area is 183 Å². The lowest BCUT2D eigenvalue weighted by Gasteiger charge is -2.23. The molecular formula is C26H27N3O2. The Morgan fingerprint density at radius 2 is 1.68 bits per heavy atom. The highest BCUT2D eigenvalue weighted by Gasteiger charge is 2.33. The first-order valence-electron chi connectivity index (χ1n) is 10.5. The van der Waals surface area contributed by atoms with Gasteiger partial charge in [-0.2, -0.15) is 5.10 Å². The highest BCUT2D eigenvalue weighted by molar-refractivity contribution is 6.03. The van der Waals surface area contributed by atoms with Gasteiger partial charge in [-0.15, -0.1) is 0 Å². The molecule has 0 saturated carbocycles. The third-order valence-corrected chi connectivity index (χ3v) is 5.63. The number of hydrogen-bond donors (Lipinski definition) is 1. The predicted octanol–water partition coefficient (Wildman–Crippen LogP) is 4.72. The Morgan fingerprint density at radius 1 is 1.03 bits per heavy atom. The van der Waals surface area contributed by atoms with Crippen molar-refractivity contribution < 1.29 is 9.53 Å². The Kier molecular flexibility index (Phi) is 6.43. The van der Waals surface area contributed by atoms with Crippen molar-refractivity contribution in [2.45, 2.75) is 25.4 Å². The molecule has 0 radical (unpaired) electrons. The molecule has 0 saturated heterocycles. The van der Waals surface area contributed by atoms with Gasteiger partial charge in [0.1, 0.15) is 5.75 Å². The van der Waals surface area contributed by atoms with Gasteiger partial charge in [0.15, 0.2) is 0 Å². The number of rotatable bonds is 7. The molecule has 1 aliphatic heterocycles. The molecular weight excluding hydrogens is 386 g/mol. The van der Waals surface area contributed by atoms with Crippen molar-refractivity contribution in [2.75, 3.05) is 13.7 Å². The summed E-state index contributed by atoms with van der Waals surface area (Å²) in [5.41, 5.74) is 4.16. The van der Waals surface area contributed by atoms with E-state index in [1.54, 1.807) is 12.1 Å². The normalized spacial score (nSPS) is 16.6. The summed E-state index contributed by atoms with van der Waals surface area (Å²) in [6.45, 7) is 2.28. The number of nitrogens with zero attached hydrogens (tertiary/aromatic N) is 2. The van der Waals surface area contributed by atoms with Crippen molar-refractivity contribution >= 4 is 11.6 Å². The average molecular weight is 414 g/mol. The first-order valence-corrected chi connectivity index (χ1v) is 10.5. The molecule has 31 heavy (non-hydrogen) atoms. The molecule has 5 nitrogen and oxygen atoms in total. The van der Waals surface area contributed by atoms with Crippen LogP contribution in [0.3, 0.4) is 0 Å². The molecule has 2 atom stereocenters. The monoisotopic (exact) mass is 413 g/mol. The molecule has 1 heterocycles. The summed E-state index contributed by atoms with van der Waals surface area (Å²) in [6, 6.07) is 28.0. The lowest BCUT2D eigenvalue weighted by Crippen LogP contribution is -2.36. The van der Waals surface area contributed by atoms with Crippen molar-refractivity contribution in [1.82, 2.24) is 10.3 Å². The number of ether oxygens (including phenoxy) is 1. The Bertz CT molecular complexity index is 1030. The summed E-state index contributed by atoms with van der Waals surface area (Å²) < 4.78 is 5.28. The summed E-state index contributed by atoms with van der Waals surface area (Å²) in [5.74, 6) is 0.747. The molecule has 0 aromatic heterocycles. The molecule has 3 aromatic carbocycles. The van der Waals surface area contributed by atoms with Crippen molar-refractivity contribution in [3.8, 4) is 5.75 Å². The fourth-order valence-corrected chi connectivity index (χ4v) is 3.81. The molecule has 3 aromatic rings. The summed E-state index contributed by atoms with van der Waals surface area (Å²) in [5, 5.41) is 9.71. The second-order valence-electron chi connectivity index (χ2n) is 7.66. The molecule has 5 heteroatoms. The van der Waals surface area contributed by atoms with Crippen LogP contribution in [0.5, 0.6) is 5.75 Å². The zero-order chi connectivity index (χ0) is 21.6. The van der Waals surface area contributed by atoms with Crippen LogP contribution >= 0.6 is 0 Å². The number of nitrogens with one attached hydrogen (secondary N) is 1. The fourth-order valence-electron chi connectivity index (χ4n) is 3.81. The maximum absolute atomic E-state index is 13.2. The molecule has 1 aliphatic rings. The lowest BCUT2D eigenvalue weighted by atomic mass is 9.98. The first-order chi connectivity index (χ1) is 15.2. The molecule has 0 spiro atoms. The van der Waals surface area contributed by atoms with E-state index in [0.29, 0.717) is 6.42 Å². The van der Waals surface area contributed by atoms with E-state index in [4.69, 9.17) is 9.84 Å². The van der Waals surface area contributed by atoms with Crippen LogP contribution < -0.4 is 10.1 Å². The van der Waals surface area contributed by atoms with E-state index >= 15 is 0 Å². The third kappa shape index (κ3) is 4.84. The Hall–Kier alpha value is -3.44. The van der Waals surface area contributed by atoms with E-state index in [1.165, 1.54) is 0 Å². The summed E-state index contributed by atoms with van der Waals surface area (Å²) >= 11 is 0. The van der Waals surface area contributed by atoms with Crippen molar-refractivity contribution in [3.63, 3.8) is 0 Å². The van der Waals surface area contributed by atoms with Crippen LogP contribution in [-0.4, -0.2) is 30.3 Å². The smallest absolute Gasteiger partial charge is 0.257 e. The SMILES string of the molecule is COc1ccc([C@@H]2CC(c3ccccc3)=NN2C(=O)CN[C@@H](C)c2ccccc2)cc1. The largest absolute Gasteiger partial charge is 0.497 e. The fraction of sp³-hybridized carbons (Fsp3) is 0.231. The number of amides is 1. The van der Waals surface area contributed by atoms with Crippen LogP contribution in [0.25, 0.3) is 0 Å². The minimum atomic E-state index is -0.137. The van der Waals surface area contributed by atoms with Gasteiger partial charge >= 0.3 is 0 Å². The number of carbonyl (C=O) groups excluding carboxylic acids is 1. The van der Waals surface area contributed by atoms with Gasteiger partial charge in [-0.05, 0) is 35.7 Å². The van der Waals surface area contributed by atoms with Gasteiger partial charge in [-0.25, -0.2) is 5.01 Å². The minimum absolute atomic E-state index is 0.0467. The summed E-state index contributed by atoms with van der Waals surface area (Å²) in [4.78, 5) is 13.2. The highest BCUT2D eigenvalue weighted by Crippen LogP contribution is 2.33. The molecule has 0 fully saturated rings. The van der Waals surface area contributed by atoms with Gasteiger partial charge in [0.25, 0.3) is 5.91 Å². The van der Waals surface area contributed by atoms with Gasteiger partial charge in [0.05, 0.1) is 25.4 Å². The molecule has 1 N–H and O–H groups in total. The first kappa shape index (κ1) is 20.8. The van der Waals surface area contributed by atoms with Crippen LogP contribution in [0.2, 0.25) is 0 Å². The van der Waals surface area contributed by atoms with Gasteiger partial charge in [-0.1, -0.05) is 72.8 Å². The standard InChI is InChI=1S/C26H27N3O2/c1-19(20-9-5-3-6-10-20)27-18-26(30)29-25(22-13-15-23(31-2)16-14-22)17-24(28-29)21-11-7-4-8-12-21/h3-16,19,25,27H,17-18H2,1-2H3/t19-,25-/m0/s1. The topological polar surface area (TPSA) is 53.9 Å². The number of carbonyl (C=O) groups is 1. The third-order valence-electron chi connectivity index (χ3n) is 5.63. The van der Waals surface area contributed by atoms with E-state index in [0.717, 1.165) is 28.2 Å². The number of hydrazone groups is 1. The van der Waals surface area contributed by atoms with Gasteiger partial charge in [0.2, 0.25) is 0 Å². The number of benzene rings is 3. The average Bonchev–Trinajstić information content (AvgIpc) is 3.29. The molecule has 0 unspecified atom stereocenters. The van der Waals surface area contributed by atoms with Crippen molar-refractivity contribution in [1.29, 1.82) is 0 Å². The van der Waals surface area contributed by atoms with E-state index in [9.17, 15) is 4.79 Å². The minimum Gasteiger partial charge on any atom is -0.497 e. The van der Waals surface area contributed by atoms with E-state index < -0.39 is 0 Å². The van der Waals surface area contributed by atoms with Gasteiger partial charge in [0, 0.05) is 12.5 Å². The number of hydrogen-bond acceptors (Lipinski definition) is 4. The summed E-state index contributed by atoms with van der Waals surface area (Å²) in [6.07, 6.45) is 0.677. The molecule has 158 valence electrons. The zero-order valence-electron chi connectivity index (χ0n) is 17.9. The van der Waals surface area contributed by atoms with E-state index in [-0.39, 0.29) is 24.5 Å². The van der Waals surface area contributed by atoms with Gasteiger partial charge < -0.3 is 10.1 Å². The van der Waals surface area contributed by atoms with Crippen molar-refractivity contribution in [3.05, 3.63) is 102 Å². The molecule has 4 rings (SSSR count). The van der Waals surface area contributed by atoms with Crippen molar-refractivity contribution in [2.24, 2.45) is 5.10 Å². The zero-order valence-corrected chi connectivity index (χ0v) is 17.9. The lowest BCUT2D eigenvalue weighted by molar-refractivity contribution is -0.132. The predicted molar refractivity (Wildman–Crippen MR) is 123 cm³/mol. The highest BCUT2D eigenvalue weighted by atomic mass is 16.5. The molecule has 0 bridgehead atoms. The van der Waals surface area contributed by atoms with Crippen LogP contribution in [-0.2, 0) is 4.79 Å². The van der Waals surface area contributed by atoms with Crippen LogP contribution in [0.4, 0.5) is 0 Å². The number of methoxy groups -OCH3 is 1. The van der Waals surface area contributed by atoms with Crippen LogP contribution in [0.15, 0.2) is 90.0 Å². The second kappa shape index (κ2) is 9.58. The van der Waals surface area contributed by atoms with Crippen LogP contribution in [0, 0.1) is 0 Å².